The zero-order chi connectivity index (χ0) is 39.3. The molecule has 0 N–H and O–H groups in total. The molecule has 7 aromatic carbocycles. The first kappa shape index (κ1) is 36.5. The van der Waals surface area contributed by atoms with E-state index >= 15 is 0 Å². The molecule has 12 rings (SSSR count). The number of imidazole rings is 1. The molecule has 5 nitrogen and oxygen atoms in total. The average molecular weight is 879 g/mol. The van der Waals surface area contributed by atoms with Crippen LogP contribution in [0.5, 0.6) is 0 Å². The second kappa shape index (κ2) is 13.7. The minimum atomic E-state index is -3.14. The molecule has 60 heavy (non-hydrogen) atoms. The molecular formula is C53H36N4OPdSi. The van der Waals surface area contributed by atoms with Crippen molar-refractivity contribution in [3.05, 3.63) is 206 Å². The van der Waals surface area contributed by atoms with E-state index < -0.39 is 13.5 Å². The molecule has 0 bridgehead atoms. The Hall–Kier alpha value is -6.62. The zero-order valence-corrected chi connectivity index (χ0v) is 35.4. The third-order valence-corrected chi connectivity index (χ3v) is 17.2. The van der Waals surface area contributed by atoms with Gasteiger partial charge in [0.15, 0.2) is 0 Å². The van der Waals surface area contributed by atoms with Gasteiger partial charge < -0.3 is 13.7 Å². The number of hydrogen-bond donors (Lipinski definition) is 0. The van der Waals surface area contributed by atoms with Gasteiger partial charge in [0, 0.05) is 51.4 Å². The van der Waals surface area contributed by atoms with Gasteiger partial charge in [-0.15, -0.1) is 34.8 Å². The van der Waals surface area contributed by atoms with Gasteiger partial charge in [0.05, 0.1) is 11.3 Å². The normalized spacial score (nSPS) is 13.5. The first-order valence-electron chi connectivity index (χ1n) is 20.1. The van der Waals surface area contributed by atoms with Crippen LogP contribution in [-0.2, 0) is 25.8 Å². The van der Waals surface area contributed by atoms with Gasteiger partial charge in [0.1, 0.15) is 25.1 Å². The second-order valence-corrected chi connectivity index (χ2v) is 19.7. The minimum Gasteiger partial charge on any atom is -0.456 e. The van der Waals surface area contributed by atoms with Crippen LogP contribution in [0.2, 0.25) is 0 Å². The molecule has 0 atom stereocenters. The van der Waals surface area contributed by atoms with Crippen molar-refractivity contribution in [1.82, 2.24) is 14.4 Å². The third-order valence-electron chi connectivity index (χ3n) is 12.6. The summed E-state index contributed by atoms with van der Waals surface area (Å²) in [6, 6.07) is 67.0. The molecule has 1 aliphatic heterocycles. The Morgan fingerprint density at radius 3 is 2.08 bits per heavy atom. The van der Waals surface area contributed by atoms with Crippen LogP contribution in [-0.4, -0.2) is 22.4 Å². The number of rotatable bonds is 5. The van der Waals surface area contributed by atoms with Crippen molar-refractivity contribution in [2.45, 2.75) is 19.3 Å². The molecule has 0 aliphatic carbocycles. The monoisotopic (exact) mass is 878 g/mol. The Morgan fingerprint density at radius 2 is 1.28 bits per heavy atom. The van der Waals surface area contributed by atoms with Gasteiger partial charge in [-0.3, -0.25) is 4.98 Å². The molecule has 0 radical (unpaired) electrons. The van der Waals surface area contributed by atoms with Crippen molar-refractivity contribution in [3.63, 3.8) is 0 Å². The Balaban J connectivity index is 0.00000408. The van der Waals surface area contributed by atoms with Gasteiger partial charge in [0.25, 0.3) is 0 Å². The molecule has 1 aliphatic rings. The van der Waals surface area contributed by atoms with Crippen LogP contribution in [0.1, 0.15) is 25.0 Å². The van der Waals surface area contributed by atoms with Crippen LogP contribution in [0.3, 0.4) is 0 Å². The topological polar surface area (TPSA) is 46.6 Å². The summed E-state index contributed by atoms with van der Waals surface area (Å²) in [6.45, 7) is 4.57. The van der Waals surface area contributed by atoms with Gasteiger partial charge in [-0.1, -0.05) is 128 Å². The molecule has 0 saturated carbocycles. The molecule has 11 aromatic rings. The minimum absolute atomic E-state index is 0. The molecule has 0 saturated heterocycles. The van der Waals surface area contributed by atoms with E-state index in [1.54, 1.807) is 0 Å². The van der Waals surface area contributed by atoms with Gasteiger partial charge in [-0.25, -0.2) is 4.98 Å². The summed E-state index contributed by atoms with van der Waals surface area (Å²) in [5, 5.41) is 10.3. The van der Waals surface area contributed by atoms with Crippen molar-refractivity contribution in [2.24, 2.45) is 0 Å². The van der Waals surface area contributed by atoms with E-state index in [4.69, 9.17) is 14.4 Å². The van der Waals surface area contributed by atoms with Gasteiger partial charge in [0.2, 0.25) is 0 Å². The summed E-state index contributed by atoms with van der Waals surface area (Å²) in [7, 11) is -3.14. The standard InChI is InChI=1S/C53H36N4OSi.Pd/c1-53(2)45-23-14-30-54-52(45)57(47-29-28-43-42-22-10-12-25-48(42)58-50(43)49(47)53)35-15-13-20-38(33-35)59(36-16-5-3-6-17-36,37-18-7-4-8-19-37)39-26-27-40-41-21-9-11-24-46(41)56-32-31-55-51(56)44(40)34-39;/h3-32H,1-2H3;/q-2;+2. The smallest absolute Gasteiger partial charge is 0.456 e. The van der Waals surface area contributed by atoms with Crippen LogP contribution in [0.4, 0.5) is 17.2 Å². The first-order chi connectivity index (χ1) is 29.0. The summed E-state index contributed by atoms with van der Waals surface area (Å²) in [6.07, 6.45) is 5.84. The summed E-state index contributed by atoms with van der Waals surface area (Å²) >= 11 is 0. The number of furan rings is 1. The maximum absolute atomic E-state index is 6.76. The summed E-state index contributed by atoms with van der Waals surface area (Å²) in [5.74, 6) is 0.895. The number of fused-ring (bicyclic) bond motifs is 12. The number of aromatic nitrogens is 3. The molecule has 0 fully saturated rings. The molecule has 4 aromatic heterocycles. The largest absolute Gasteiger partial charge is 2.00 e. The summed E-state index contributed by atoms with van der Waals surface area (Å²) in [5.41, 5.74) is 7.65. The van der Waals surface area contributed by atoms with Crippen molar-refractivity contribution < 1.29 is 24.8 Å². The van der Waals surface area contributed by atoms with E-state index in [-0.39, 0.29) is 20.4 Å². The van der Waals surface area contributed by atoms with E-state index in [0.717, 1.165) is 82.6 Å². The van der Waals surface area contributed by atoms with E-state index in [2.05, 4.69) is 193 Å². The fourth-order valence-electron chi connectivity index (χ4n) is 9.95. The molecule has 0 spiro atoms. The van der Waals surface area contributed by atoms with E-state index in [0.29, 0.717) is 0 Å². The van der Waals surface area contributed by atoms with E-state index in [1.807, 2.05) is 24.5 Å². The number of para-hydroxylation sites is 2. The van der Waals surface area contributed by atoms with Crippen LogP contribution in [0, 0.1) is 12.1 Å². The number of pyridine rings is 2. The number of hydrogen-bond acceptors (Lipinski definition) is 4. The van der Waals surface area contributed by atoms with Crippen molar-refractivity contribution in [2.75, 3.05) is 4.90 Å². The number of benzene rings is 7. The fraction of sp³-hybridized carbons (Fsp3) is 0.0566. The van der Waals surface area contributed by atoms with Gasteiger partial charge in [-0.2, -0.15) is 23.4 Å². The second-order valence-electron chi connectivity index (χ2n) is 16.0. The van der Waals surface area contributed by atoms with Crippen molar-refractivity contribution >= 4 is 95.3 Å². The zero-order valence-electron chi connectivity index (χ0n) is 32.8. The summed E-state index contributed by atoms with van der Waals surface area (Å²) < 4.78 is 8.95. The molecule has 288 valence electrons. The summed E-state index contributed by atoms with van der Waals surface area (Å²) in [4.78, 5) is 12.3. The molecular weight excluding hydrogens is 843 g/mol. The van der Waals surface area contributed by atoms with E-state index in [9.17, 15) is 0 Å². The van der Waals surface area contributed by atoms with Crippen LogP contribution < -0.4 is 25.6 Å². The SMILES string of the molecule is CC1(C)c2cccnc2N(c2[c-]c([Si](c3[c-]c4c(cc3)c3ccccc3n3ccnc43)(c3ccccc3)c3ccccc3)ccc2)c2ccc3c(oc4ccccc43)c21.[Pd+2]. The number of anilines is 3. The Labute approximate surface area is 362 Å². The maximum Gasteiger partial charge on any atom is 2.00 e. The first-order valence-corrected chi connectivity index (χ1v) is 22.1. The quantitative estimate of drug-likeness (QED) is 0.0748. The predicted octanol–water partition coefficient (Wildman–Crippen LogP) is 10.0. The molecule has 7 heteroatoms. The average Bonchev–Trinajstić information content (AvgIpc) is 3.94. The fourth-order valence-corrected chi connectivity index (χ4v) is 14.5. The Kier molecular flexibility index (Phi) is 8.34. The van der Waals surface area contributed by atoms with Gasteiger partial charge >= 0.3 is 20.4 Å². The maximum atomic E-state index is 6.76. The van der Waals surface area contributed by atoms with Crippen molar-refractivity contribution in [3.8, 4) is 0 Å². The third kappa shape index (κ3) is 5.07. The van der Waals surface area contributed by atoms with Gasteiger partial charge in [-0.05, 0) is 46.1 Å². The Morgan fingerprint density at radius 1 is 0.583 bits per heavy atom. The van der Waals surface area contributed by atoms with Crippen molar-refractivity contribution in [1.29, 1.82) is 0 Å². The molecule has 0 unspecified atom stereocenters. The predicted molar refractivity (Wildman–Crippen MR) is 243 cm³/mol. The van der Waals surface area contributed by atoms with Crippen LogP contribution >= 0.6 is 0 Å². The number of nitrogens with zero attached hydrogens (tertiary/aromatic N) is 4. The van der Waals surface area contributed by atoms with Crippen LogP contribution in [0.25, 0.3) is 49.3 Å². The van der Waals surface area contributed by atoms with E-state index in [1.165, 1.54) is 15.8 Å². The Bertz CT molecular complexity index is 3410. The molecule has 5 heterocycles. The van der Waals surface area contributed by atoms with Crippen LogP contribution in [0.15, 0.2) is 187 Å². The molecule has 0 amide bonds.